The Morgan fingerprint density at radius 2 is 1.92 bits per heavy atom. The second-order valence-corrected chi connectivity index (χ2v) is 7.56. The molecule has 0 unspecified atom stereocenters. The van der Waals surface area contributed by atoms with Crippen LogP contribution in [-0.4, -0.2) is 36.5 Å². The van der Waals surface area contributed by atoms with Gasteiger partial charge in [0.25, 0.3) is 0 Å². The summed E-state index contributed by atoms with van der Waals surface area (Å²) < 4.78 is 17.7. The summed E-state index contributed by atoms with van der Waals surface area (Å²) in [7, 11) is -0.435. The van der Waals surface area contributed by atoms with Gasteiger partial charge in [0.15, 0.2) is 5.78 Å². The molecule has 0 atom stereocenters. The van der Waals surface area contributed by atoms with Crippen molar-refractivity contribution in [3.05, 3.63) is 34.8 Å². The SMILES string of the molecule is CC1(C)OB(C(=Cc2ccc3c(c2)C(=O)CCO3)CS)OC1(C)C. The molecule has 1 aromatic rings. The molecular weight excluding hydrogens is 323 g/mol. The van der Waals surface area contributed by atoms with Crippen LogP contribution in [0.5, 0.6) is 5.75 Å². The molecule has 1 saturated heterocycles. The zero-order valence-corrected chi connectivity index (χ0v) is 15.5. The average Bonchev–Trinajstić information content (AvgIpc) is 2.73. The van der Waals surface area contributed by atoms with Crippen molar-refractivity contribution < 1.29 is 18.8 Å². The number of Topliss-reactive ketones (excluding diaryl/α,β-unsaturated/α-hetero) is 1. The first kappa shape index (κ1) is 17.6. The molecule has 3 rings (SSSR count). The molecule has 0 spiro atoms. The van der Waals surface area contributed by atoms with E-state index in [2.05, 4.69) is 12.6 Å². The first-order valence-electron chi connectivity index (χ1n) is 8.20. The Morgan fingerprint density at radius 3 is 2.54 bits per heavy atom. The van der Waals surface area contributed by atoms with E-state index in [-0.39, 0.29) is 17.0 Å². The first-order chi connectivity index (χ1) is 11.2. The molecular formula is C18H23BO4S. The van der Waals surface area contributed by atoms with E-state index in [1.165, 1.54) is 0 Å². The maximum Gasteiger partial charge on any atom is 0.491 e. The fraction of sp³-hybridized carbons (Fsp3) is 0.500. The zero-order valence-electron chi connectivity index (χ0n) is 14.6. The number of fused-ring (bicyclic) bond motifs is 1. The van der Waals surface area contributed by atoms with E-state index in [1.54, 1.807) is 0 Å². The molecule has 6 heteroatoms. The van der Waals surface area contributed by atoms with Crippen molar-refractivity contribution in [3.8, 4) is 5.75 Å². The Balaban J connectivity index is 1.89. The van der Waals surface area contributed by atoms with Gasteiger partial charge in [0.05, 0.1) is 23.4 Å². The summed E-state index contributed by atoms with van der Waals surface area (Å²) in [6.07, 6.45) is 2.41. The number of hydrogen-bond donors (Lipinski definition) is 1. The number of rotatable bonds is 3. The molecule has 2 aliphatic heterocycles. The van der Waals surface area contributed by atoms with E-state index in [1.807, 2.05) is 52.0 Å². The van der Waals surface area contributed by atoms with Crippen molar-refractivity contribution in [2.45, 2.75) is 45.3 Å². The first-order valence-corrected chi connectivity index (χ1v) is 8.84. The predicted molar refractivity (Wildman–Crippen MR) is 98.8 cm³/mol. The van der Waals surface area contributed by atoms with E-state index in [0.717, 1.165) is 11.0 Å². The highest BCUT2D eigenvalue weighted by Gasteiger charge is 2.52. The second-order valence-electron chi connectivity index (χ2n) is 7.24. The minimum Gasteiger partial charge on any atom is -0.492 e. The summed E-state index contributed by atoms with van der Waals surface area (Å²) in [5.41, 5.74) is 1.72. The fourth-order valence-electron chi connectivity index (χ4n) is 2.77. The lowest BCUT2D eigenvalue weighted by molar-refractivity contribution is 0.00578. The highest BCUT2D eigenvalue weighted by molar-refractivity contribution is 7.80. The Hall–Kier alpha value is -1.24. The molecule has 0 saturated carbocycles. The molecule has 1 fully saturated rings. The summed E-state index contributed by atoms with van der Waals surface area (Å²) in [5.74, 6) is 1.29. The summed E-state index contributed by atoms with van der Waals surface area (Å²) in [5, 5.41) is 0. The summed E-state index contributed by atoms with van der Waals surface area (Å²) in [6.45, 7) is 8.56. The highest BCUT2D eigenvalue weighted by Crippen LogP contribution is 2.39. The third kappa shape index (κ3) is 3.15. The quantitative estimate of drug-likeness (QED) is 0.671. The Morgan fingerprint density at radius 1 is 1.25 bits per heavy atom. The Kier molecular flexibility index (Phi) is 4.58. The van der Waals surface area contributed by atoms with Crippen LogP contribution in [0.4, 0.5) is 0 Å². The smallest absolute Gasteiger partial charge is 0.491 e. The lowest BCUT2D eigenvalue weighted by atomic mass is 9.78. The van der Waals surface area contributed by atoms with Crippen molar-refractivity contribution in [3.63, 3.8) is 0 Å². The number of benzene rings is 1. The molecule has 0 amide bonds. The van der Waals surface area contributed by atoms with E-state index in [0.29, 0.717) is 30.1 Å². The van der Waals surface area contributed by atoms with Crippen molar-refractivity contribution in [1.29, 1.82) is 0 Å². The second kappa shape index (κ2) is 6.25. The van der Waals surface area contributed by atoms with Gasteiger partial charge in [0, 0.05) is 12.2 Å². The van der Waals surface area contributed by atoms with Crippen LogP contribution in [-0.2, 0) is 9.31 Å². The maximum absolute atomic E-state index is 12.1. The molecule has 0 radical (unpaired) electrons. The van der Waals surface area contributed by atoms with Gasteiger partial charge >= 0.3 is 7.12 Å². The van der Waals surface area contributed by atoms with Crippen molar-refractivity contribution >= 4 is 31.6 Å². The molecule has 1 aromatic carbocycles. The van der Waals surface area contributed by atoms with E-state index < -0.39 is 7.12 Å². The number of carbonyl (C=O) groups is 1. The number of ether oxygens (including phenoxy) is 1. The molecule has 0 N–H and O–H groups in total. The number of carbonyl (C=O) groups excluding carboxylic acids is 1. The third-order valence-electron chi connectivity index (χ3n) is 4.98. The zero-order chi connectivity index (χ0) is 17.5. The van der Waals surface area contributed by atoms with E-state index in [4.69, 9.17) is 14.0 Å². The number of thiol groups is 1. The monoisotopic (exact) mass is 346 g/mol. The fourth-order valence-corrected chi connectivity index (χ4v) is 3.01. The molecule has 4 nitrogen and oxygen atoms in total. The predicted octanol–water partition coefficient (Wildman–Crippen LogP) is 3.60. The Bertz CT molecular complexity index is 680. The van der Waals surface area contributed by atoms with Crippen LogP contribution in [0.15, 0.2) is 23.7 Å². The molecule has 24 heavy (non-hydrogen) atoms. The van der Waals surface area contributed by atoms with Gasteiger partial charge in [0.1, 0.15) is 5.75 Å². The van der Waals surface area contributed by atoms with Crippen LogP contribution in [0, 0.1) is 0 Å². The molecule has 0 aliphatic carbocycles. The summed E-state index contributed by atoms with van der Waals surface area (Å²) in [6, 6.07) is 5.65. The standard InChI is InChI=1S/C18H23BO4S/c1-17(2)18(3,4)23-19(22-17)13(11-24)9-12-5-6-16-14(10-12)15(20)7-8-21-16/h5-6,9-10,24H,7-8,11H2,1-4H3. The van der Waals surface area contributed by atoms with Crippen molar-refractivity contribution in [1.82, 2.24) is 0 Å². The summed E-state index contributed by atoms with van der Waals surface area (Å²) in [4.78, 5) is 12.1. The van der Waals surface area contributed by atoms with Crippen LogP contribution < -0.4 is 4.74 Å². The van der Waals surface area contributed by atoms with Crippen LogP contribution in [0.3, 0.4) is 0 Å². The average molecular weight is 346 g/mol. The minimum atomic E-state index is -0.435. The minimum absolute atomic E-state index is 0.120. The van der Waals surface area contributed by atoms with Crippen LogP contribution in [0.2, 0.25) is 0 Å². The molecule has 2 aliphatic rings. The van der Waals surface area contributed by atoms with Crippen LogP contribution in [0.1, 0.15) is 50.0 Å². The molecule has 128 valence electrons. The lowest BCUT2D eigenvalue weighted by Gasteiger charge is -2.32. The van der Waals surface area contributed by atoms with Gasteiger partial charge in [-0.1, -0.05) is 12.1 Å². The molecule has 0 aromatic heterocycles. The molecule has 0 bridgehead atoms. The van der Waals surface area contributed by atoms with Gasteiger partial charge in [-0.25, -0.2) is 0 Å². The largest absolute Gasteiger partial charge is 0.492 e. The van der Waals surface area contributed by atoms with Crippen LogP contribution >= 0.6 is 12.6 Å². The van der Waals surface area contributed by atoms with E-state index in [9.17, 15) is 4.79 Å². The van der Waals surface area contributed by atoms with Gasteiger partial charge in [-0.05, 0) is 50.9 Å². The highest BCUT2D eigenvalue weighted by atomic mass is 32.1. The third-order valence-corrected chi connectivity index (χ3v) is 5.35. The summed E-state index contributed by atoms with van der Waals surface area (Å²) >= 11 is 4.43. The molecule has 2 heterocycles. The number of hydrogen-bond acceptors (Lipinski definition) is 5. The van der Waals surface area contributed by atoms with Gasteiger partial charge in [0.2, 0.25) is 0 Å². The maximum atomic E-state index is 12.1. The van der Waals surface area contributed by atoms with E-state index >= 15 is 0 Å². The lowest BCUT2D eigenvalue weighted by Crippen LogP contribution is -2.41. The topological polar surface area (TPSA) is 44.8 Å². The van der Waals surface area contributed by atoms with Crippen molar-refractivity contribution in [2.75, 3.05) is 12.4 Å². The Labute approximate surface area is 149 Å². The van der Waals surface area contributed by atoms with Crippen LogP contribution in [0.25, 0.3) is 6.08 Å². The van der Waals surface area contributed by atoms with Gasteiger partial charge < -0.3 is 14.0 Å². The van der Waals surface area contributed by atoms with Crippen molar-refractivity contribution in [2.24, 2.45) is 0 Å². The van der Waals surface area contributed by atoms with Gasteiger partial charge in [-0.3, -0.25) is 4.79 Å². The van der Waals surface area contributed by atoms with Gasteiger partial charge in [-0.15, -0.1) is 0 Å². The normalized spacial score (nSPS) is 22.3. The number of ketones is 1. The van der Waals surface area contributed by atoms with Gasteiger partial charge in [-0.2, -0.15) is 12.6 Å².